The maximum Gasteiger partial charge on any atom is 0.310 e. The smallest absolute Gasteiger partial charge is 0.310 e. The lowest BCUT2D eigenvalue weighted by Crippen LogP contribution is -2.17. The van der Waals surface area contributed by atoms with Crippen LogP contribution in [0.4, 0.5) is 0 Å². The highest BCUT2D eigenvalue weighted by Gasteiger charge is 2.22. The van der Waals surface area contributed by atoms with E-state index in [1.54, 1.807) is 6.92 Å². The predicted molar refractivity (Wildman–Crippen MR) is 61.7 cm³/mol. The number of carbonyl (C=O) groups is 1. The first kappa shape index (κ1) is 12.3. The molecule has 0 saturated carbocycles. The van der Waals surface area contributed by atoms with Gasteiger partial charge in [-0.2, -0.15) is 0 Å². The van der Waals surface area contributed by atoms with Crippen LogP contribution in [0.3, 0.4) is 0 Å². The van der Waals surface area contributed by atoms with Gasteiger partial charge in [-0.3, -0.25) is 4.79 Å². The van der Waals surface area contributed by atoms with E-state index in [0.29, 0.717) is 0 Å². The summed E-state index contributed by atoms with van der Waals surface area (Å²) in [5.41, 5.74) is 1.13. The summed E-state index contributed by atoms with van der Waals surface area (Å²) in [5.74, 6) is 0.546. The van der Waals surface area contributed by atoms with Gasteiger partial charge in [0.25, 0.3) is 0 Å². The van der Waals surface area contributed by atoms with Crippen LogP contribution in [0.1, 0.15) is 46.5 Å². The van der Waals surface area contributed by atoms with E-state index in [2.05, 4.69) is 19.9 Å². The van der Waals surface area contributed by atoms with Crippen molar-refractivity contribution < 1.29 is 9.90 Å². The molecule has 0 saturated heterocycles. The molecule has 0 bridgehead atoms. The zero-order chi connectivity index (χ0) is 11.4. The molecule has 1 aliphatic carbocycles. The van der Waals surface area contributed by atoms with Crippen LogP contribution in [0, 0.1) is 17.8 Å². The zero-order valence-corrected chi connectivity index (χ0v) is 9.99. The topological polar surface area (TPSA) is 37.3 Å². The largest absolute Gasteiger partial charge is 0.481 e. The second kappa shape index (κ2) is 5.34. The van der Waals surface area contributed by atoms with E-state index in [0.717, 1.165) is 30.3 Å². The Labute approximate surface area is 92.4 Å². The van der Waals surface area contributed by atoms with Crippen molar-refractivity contribution >= 4 is 5.97 Å². The third-order valence-corrected chi connectivity index (χ3v) is 3.29. The molecule has 0 radical (unpaired) electrons. The van der Waals surface area contributed by atoms with E-state index in [1.807, 2.05) is 0 Å². The Morgan fingerprint density at radius 3 is 2.60 bits per heavy atom. The lowest BCUT2D eigenvalue weighted by Gasteiger charge is -2.24. The minimum atomic E-state index is -0.691. The van der Waals surface area contributed by atoms with Gasteiger partial charge in [-0.25, -0.2) is 0 Å². The Hall–Kier alpha value is -0.790. The monoisotopic (exact) mass is 210 g/mol. The van der Waals surface area contributed by atoms with E-state index in [-0.39, 0.29) is 5.92 Å². The summed E-state index contributed by atoms with van der Waals surface area (Å²) >= 11 is 0. The molecule has 15 heavy (non-hydrogen) atoms. The van der Waals surface area contributed by atoms with Crippen molar-refractivity contribution in [3.05, 3.63) is 11.6 Å². The van der Waals surface area contributed by atoms with Gasteiger partial charge in [-0.1, -0.05) is 25.5 Å². The molecule has 0 aromatic heterocycles. The second-order valence-electron chi connectivity index (χ2n) is 5.11. The number of hydrogen-bond donors (Lipinski definition) is 1. The van der Waals surface area contributed by atoms with Gasteiger partial charge in [0.2, 0.25) is 0 Å². The summed E-state index contributed by atoms with van der Waals surface area (Å²) in [4.78, 5) is 10.8. The molecule has 0 amide bonds. The molecule has 2 atom stereocenters. The Morgan fingerprint density at radius 2 is 2.20 bits per heavy atom. The molecule has 1 rings (SSSR count). The Bertz CT molecular complexity index is 253. The third-order valence-electron chi connectivity index (χ3n) is 3.29. The number of carboxylic acid groups (broad SMARTS) is 1. The maximum absolute atomic E-state index is 10.8. The van der Waals surface area contributed by atoms with Gasteiger partial charge in [-0.05, 0) is 44.4 Å². The fourth-order valence-corrected chi connectivity index (χ4v) is 2.34. The van der Waals surface area contributed by atoms with Crippen LogP contribution in [0.25, 0.3) is 0 Å². The van der Waals surface area contributed by atoms with Gasteiger partial charge in [0.15, 0.2) is 0 Å². The van der Waals surface area contributed by atoms with Crippen molar-refractivity contribution in [3.8, 4) is 0 Å². The standard InChI is InChI=1S/C13H22O2/c1-9(2)8-11-4-6-12(7-5-11)10(3)13(14)15/h6,9-11H,4-5,7-8H2,1-3H3,(H,14,15)/t10-,11+/m0/s1. The van der Waals surface area contributed by atoms with Crippen LogP contribution in [-0.2, 0) is 4.79 Å². The summed E-state index contributed by atoms with van der Waals surface area (Å²) in [6.45, 7) is 6.29. The Kier molecular flexibility index (Phi) is 4.37. The van der Waals surface area contributed by atoms with E-state index in [1.165, 1.54) is 12.8 Å². The van der Waals surface area contributed by atoms with Gasteiger partial charge in [0.1, 0.15) is 0 Å². The average molecular weight is 210 g/mol. The van der Waals surface area contributed by atoms with E-state index in [4.69, 9.17) is 5.11 Å². The quantitative estimate of drug-likeness (QED) is 0.721. The lowest BCUT2D eigenvalue weighted by atomic mass is 9.81. The van der Waals surface area contributed by atoms with Gasteiger partial charge in [0.05, 0.1) is 5.92 Å². The first-order valence-corrected chi connectivity index (χ1v) is 5.92. The van der Waals surface area contributed by atoms with Crippen molar-refractivity contribution in [1.82, 2.24) is 0 Å². The van der Waals surface area contributed by atoms with Crippen molar-refractivity contribution in [2.75, 3.05) is 0 Å². The van der Waals surface area contributed by atoms with E-state index >= 15 is 0 Å². The van der Waals surface area contributed by atoms with E-state index in [9.17, 15) is 4.79 Å². The molecule has 0 aromatic carbocycles. The van der Waals surface area contributed by atoms with Crippen LogP contribution in [0.15, 0.2) is 11.6 Å². The Balaban J connectivity index is 2.48. The summed E-state index contributed by atoms with van der Waals surface area (Å²) < 4.78 is 0. The molecule has 0 fully saturated rings. The predicted octanol–water partition coefficient (Wildman–Crippen LogP) is 3.48. The summed E-state index contributed by atoms with van der Waals surface area (Å²) in [6, 6.07) is 0. The molecule has 1 N–H and O–H groups in total. The zero-order valence-electron chi connectivity index (χ0n) is 9.99. The maximum atomic E-state index is 10.8. The van der Waals surface area contributed by atoms with Crippen LogP contribution < -0.4 is 0 Å². The summed E-state index contributed by atoms with van der Waals surface area (Å²) in [6.07, 6.45) is 6.65. The molecule has 2 heteroatoms. The summed E-state index contributed by atoms with van der Waals surface area (Å²) in [5, 5.41) is 8.90. The summed E-state index contributed by atoms with van der Waals surface area (Å²) in [7, 11) is 0. The van der Waals surface area contributed by atoms with Crippen molar-refractivity contribution in [2.45, 2.75) is 46.5 Å². The highest BCUT2D eigenvalue weighted by atomic mass is 16.4. The Morgan fingerprint density at radius 1 is 1.53 bits per heavy atom. The number of carboxylic acids is 1. The molecule has 0 heterocycles. The number of rotatable bonds is 4. The average Bonchev–Trinajstić information content (AvgIpc) is 2.17. The van der Waals surface area contributed by atoms with Crippen LogP contribution >= 0.6 is 0 Å². The van der Waals surface area contributed by atoms with Crippen molar-refractivity contribution in [2.24, 2.45) is 17.8 Å². The first-order chi connectivity index (χ1) is 7.00. The molecular weight excluding hydrogens is 188 g/mol. The fraction of sp³-hybridized carbons (Fsp3) is 0.769. The molecule has 0 unspecified atom stereocenters. The van der Waals surface area contributed by atoms with Gasteiger partial charge >= 0.3 is 5.97 Å². The van der Waals surface area contributed by atoms with Gasteiger partial charge in [0, 0.05) is 0 Å². The molecule has 0 aromatic rings. The highest BCUT2D eigenvalue weighted by Crippen LogP contribution is 2.31. The molecule has 2 nitrogen and oxygen atoms in total. The molecule has 0 spiro atoms. The first-order valence-electron chi connectivity index (χ1n) is 5.92. The van der Waals surface area contributed by atoms with Gasteiger partial charge in [-0.15, -0.1) is 0 Å². The van der Waals surface area contributed by atoms with Gasteiger partial charge < -0.3 is 5.11 Å². The number of allylic oxidation sites excluding steroid dienone is 1. The molecule has 0 aliphatic heterocycles. The minimum absolute atomic E-state index is 0.287. The molecule has 1 aliphatic rings. The van der Waals surface area contributed by atoms with E-state index < -0.39 is 5.97 Å². The molecular formula is C13H22O2. The number of hydrogen-bond acceptors (Lipinski definition) is 1. The third kappa shape index (κ3) is 3.69. The van der Waals surface area contributed by atoms with Crippen molar-refractivity contribution in [1.29, 1.82) is 0 Å². The normalized spacial score (nSPS) is 23.7. The highest BCUT2D eigenvalue weighted by molar-refractivity contribution is 5.73. The lowest BCUT2D eigenvalue weighted by molar-refractivity contribution is -0.139. The fourth-order valence-electron chi connectivity index (χ4n) is 2.34. The minimum Gasteiger partial charge on any atom is -0.481 e. The number of aliphatic carboxylic acids is 1. The van der Waals surface area contributed by atoms with Crippen molar-refractivity contribution in [3.63, 3.8) is 0 Å². The second-order valence-corrected chi connectivity index (χ2v) is 5.11. The van der Waals surface area contributed by atoms with Crippen LogP contribution in [-0.4, -0.2) is 11.1 Å². The van der Waals surface area contributed by atoms with Crippen LogP contribution in [0.2, 0.25) is 0 Å². The van der Waals surface area contributed by atoms with Crippen LogP contribution in [0.5, 0.6) is 0 Å². The SMILES string of the molecule is CC(C)C[C@@H]1CC=C([C@H](C)C(=O)O)CC1. The molecule has 86 valence electrons.